The van der Waals surface area contributed by atoms with Crippen molar-refractivity contribution in [2.75, 3.05) is 5.75 Å². The third-order valence-electron chi connectivity index (χ3n) is 6.38. The van der Waals surface area contributed by atoms with E-state index < -0.39 is 0 Å². The van der Waals surface area contributed by atoms with Gasteiger partial charge in [0.25, 0.3) is 0 Å². The molecule has 30 heavy (non-hydrogen) atoms. The number of benzene rings is 1. The topological polar surface area (TPSA) is 61.2 Å². The fourth-order valence-electron chi connectivity index (χ4n) is 4.65. The van der Waals surface area contributed by atoms with Crippen LogP contribution in [0.4, 0.5) is 0 Å². The smallest absolute Gasteiger partial charge is 0.315 e. The number of nitrogens with zero attached hydrogens (tertiary/aromatic N) is 2. The van der Waals surface area contributed by atoms with E-state index in [-0.39, 0.29) is 17.7 Å². The molecule has 0 radical (unpaired) electrons. The maximum Gasteiger partial charge on any atom is 0.315 e. The van der Waals surface area contributed by atoms with Crippen molar-refractivity contribution in [3.63, 3.8) is 0 Å². The van der Waals surface area contributed by atoms with Crippen molar-refractivity contribution < 1.29 is 14.3 Å². The number of ketones is 1. The van der Waals surface area contributed by atoms with Gasteiger partial charge in [0.1, 0.15) is 5.56 Å². The highest BCUT2D eigenvalue weighted by Gasteiger charge is 2.29. The van der Waals surface area contributed by atoms with Gasteiger partial charge in [-0.2, -0.15) is 5.10 Å². The lowest BCUT2D eigenvalue weighted by Gasteiger charge is -2.22. The maximum atomic E-state index is 13.6. The number of aromatic nitrogens is 2. The second-order valence-corrected chi connectivity index (χ2v) is 9.50. The van der Waals surface area contributed by atoms with E-state index in [0.29, 0.717) is 23.6 Å². The molecule has 1 aliphatic carbocycles. The molecule has 6 heteroatoms. The Balaban J connectivity index is 1.68. The van der Waals surface area contributed by atoms with Crippen molar-refractivity contribution in [3.8, 4) is 5.88 Å². The Bertz CT molecular complexity index is 973. The van der Waals surface area contributed by atoms with Crippen molar-refractivity contribution in [2.24, 2.45) is 5.92 Å². The van der Waals surface area contributed by atoms with Gasteiger partial charge in [-0.1, -0.05) is 19.3 Å². The first-order valence-corrected chi connectivity index (χ1v) is 12.1. The van der Waals surface area contributed by atoms with Crippen LogP contribution in [-0.2, 0) is 17.8 Å². The van der Waals surface area contributed by atoms with Crippen LogP contribution in [0.25, 0.3) is 0 Å². The highest BCUT2D eigenvalue weighted by Crippen LogP contribution is 2.37. The van der Waals surface area contributed by atoms with E-state index in [4.69, 9.17) is 4.74 Å². The summed E-state index contributed by atoms with van der Waals surface area (Å²) in [5.41, 5.74) is 4.55. The van der Waals surface area contributed by atoms with Gasteiger partial charge in [0.15, 0.2) is 5.78 Å². The van der Waals surface area contributed by atoms with Crippen molar-refractivity contribution in [1.82, 2.24) is 9.78 Å². The second-order valence-electron chi connectivity index (χ2n) is 8.39. The Morgan fingerprint density at radius 1 is 1.17 bits per heavy atom. The molecule has 0 spiro atoms. The summed E-state index contributed by atoms with van der Waals surface area (Å²) in [6, 6.07) is 1.99. The zero-order valence-corrected chi connectivity index (χ0v) is 18.9. The number of esters is 1. The van der Waals surface area contributed by atoms with Crippen molar-refractivity contribution in [2.45, 2.75) is 77.2 Å². The molecule has 1 fully saturated rings. The molecule has 0 amide bonds. The van der Waals surface area contributed by atoms with E-state index in [0.717, 1.165) is 55.4 Å². The van der Waals surface area contributed by atoms with Crippen LogP contribution in [0.2, 0.25) is 0 Å². The van der Waals surface area contributed by atoms with Gasteiger partial charge in [-0.15, -0.1) is 11.8 Å². The molecule has 1 aromatic carbocycles. The molecule has 0 atom stereocenters. The Morgan fingerprint density at radius 3 is 2.67 bits per heavy atom. The van der Waals surface area contributed by atoms with Gasteiger partial charge < -0.3 is 4.74 Å². The molecule has 0 unspecified atom stereocenters. The lowest BCUT2D eigenvalue weighted by atomic mass is 9.89. The lowest BCUT2D eigenvalue weighted by Crippen LogP contribution is -2.24. The third kappa shape index (κ3) is 3.94. The van der Waals surface area contributed by atoms with Crippen LogP contribution in [-0.4, -0.2) is 27.3 Å². The molecule has 1 aliphatic heterocycles. The molecular formula is C24H30N2O3S. The minimum atomic E-state index is -0.228. The van der Waals surface area contributed by atoms with Crippen molar-refractivity contribution in [3.05, 3.63) is 40.1 Å². The molecule has 160 valence electrons. The highest BCUT2D eigenvalue weighted by atomic mass is 32.2. The fraction of sp³-hybridized carbons (Fsp3) is 0.542. The summed E-state index contributed by atoms with van der Waals surface area (Å²) in [6.45, 7) is 6.59. The van der Waals surface area contributed by atoms with Crippen LogP contribution in [0.5, 0.6) is 5.88 Å². The van der Waals surface area contributed by atoms with Gasteiger partial charge in [-0.3, -0.25) is 9.59 Å². The average molecular weight is 427 g/mol. The molecule has 0 bridgehead atoms. The number of carbonyl (C=O) groups is 2. The SMILES string of the molecule is CCn1ncc(C(=O)c2cc(C)c3c(c2C)CCCS3)c1OC(=O)C1CCCCC1. The summed E-state index contributed by atoms with van der Waals surface area (Å²) >= 11 is 1.88. The monoisotopic (exact) mass is 426 g/mol. The zero-order chi connectivity index (χ0) is 21.3. The van der Waals surface area contributed by atoms with E-state index in [1.807, 2.05) is 31.7 Å². The molecule has 5 nitrogen and oxygen atoms in total. The van der Waals surface area contributed by atoms with Crippen LogP contribution in [0, 0.1) is 19.8 Å². The number of carbonyl (C=O) groups excluding carboxylic acids is 2. The summed E-state index contributed by atoms with van der Waals surface area (Å²) in [6.07, 6.45) is 8.72. The van der Waals surface area contributed by atoms with E-state index in [1.54, 1.807) is 10.9 Å². The molecule has 2 aromatic rings. The fourth-order valence-corrected chi connectivity index (χ4v) is 5.86. The van der Waals surface area contributed by atoms with Crippen LogP contribution >= 0.6 is 11.8 Å². The van der Waals surface area contributed by atoms with Gasteiger partial charge in [0.05, 0.1) is 12.1 Å². The average Bonchev–Trinajstić information content (AvgIpc) is 3.18. The number of ether oxygens (including phenoxy) is 1. The molecule has 4 rings (SSSR count). The highest BCUT2D eigenvalue weighted by molar-refractivity contribution is 7.99. The summed E-state index contributed by atoms with van der Waals surface area (Å²) in [7, 11) is 0. The first kappa shape index (κ1) is 21.2. The lowest BCUT2D eigenvalue weighted by molar-refractivity contribution is -0.140. The zero-order valence-electron chi connectivity index (χ0n) is 18.1. The second kappa shape index (κ2) is 8.96. The van der Waals surface area contributed by atoms with Crippen molar-refractivity contribution >= 4 is 23.5 Å². The van der Waals surface area contributed by atoms with Gasteiger partial charge in [-0.05, 0) is 75.0 Å². The van der Waals surface area contributed by atoms with Crippen LogP contribution in [0.15, 0.2) is 17.2 Å². The molecule has 0 N–H and O–H groups in total. The van der Waals surface area contributed by atoms with Crippen LogP contribution in [0.3, 0.4) is 0 Å². The summed E-state index contributed by atoms with van der Waals surface area (Å²) in [4.78, 5) is 27.7. The van der Waals surface area contributed by atoms with E-state index in [9.17, 15) is 9.59 Å². The maximum absolute atomic E-state index is 13.6. The number of fused-ring (bicyclic) bond motifs is 1. The van der Waals surface area contributed by atoms with Crippen LogP contribution in [0.1, 0.15) is 78.1 Å². The van der Waals surface area contributed by atoms with E-state index in [1.165, 1.54) is 16.9 Å². The number of hydrogen-bond donors (Lipinski definition) is 0. The largest absolute Gasteiger partial charge is 0.407 e. The standard InChI is InChI=1S/C24H30N2O3S/c1-4-26-23(29-24(28)17-9-6-5-7-10-17)20(14-25-26)21(27)19-13-15(2)22-18(16(19)3)11-8-12-30-22/h13-14,17H,4-12H2,1-3H3. The first-order chi connectivity index (χ1) is 14.5. The van der Waals surface area contributed by atoms with Gasteiger partial charge >= 0.3 is 5.97 Å². The Labute approximate surface area is 182 Å². The summed E-state index contributed by atoms with van der Waals surface area (Å²) < 4.78 is 7.42. The third-order valence-corrected chi connectivity index (χ3v) is 7.73. The van der Waals surface area contributed by atoms with Gasteiger partial charge in [0.2, 0.25) is 5.88 Å². The minimum absolute atomic E-state index is 0.0772. The Kier molecular flexibility index (Phi) is 6.32. The normalized spacial score (nSPS) is 16.9. The van der Waals surface area contributed by atoms with E-state index >= 15 is 0 Å². The molecule has 2 heterocycles. The number of aryl methyl sites for hydroxylation is 2. The van der Waals surface area contributed by atoms with Crippen molar-refractivity contribution in [1.29, 1.82) is 0 Å². The molecule has 1 saturated carbocycles. The first-order valence-electron chi connectivity index (χ1n) is 11.1. The predicted octanol–water partition coefficient (Wildman–Crippen LogP) is 5.27. The van der Waals surface area contributed by atoms with Gasteiger partial charge in [-0.25, -0.2) is 4.68 Å². The van der Waals surface area contributed by atoms with Crippen LogP contribution < -0.4 is 4.74 Å². The molecule has 2 aliphatic rings. The summed E-state index contributed by atoms with van der Waals surface area (Å²) in [5.74, 6) is 1.01. The Hall–Kier alpha value is -2.08. The number of thioether (sulfide) groups is 1. The summed E-state index contributed by atoms with van der Waals surface area (Å²) in [5, 5.41) is 4.33. The molecule has 1 aromatic heterocycles. The molecule has 0 saturated heterocycles. The molecular weight excluding hydrogens is 396 g/mol. The minimum Gasteiger partial charge on any atom is -0.407 e. The Morgan fingerprint density at radius 2 is 1.93 bits per heavy atom. The number of hydrogen-bond acceptors (Lipinski definition) is 5. The predicted molar refractivity (Wildman–Crippen MR) is 119 cm³/mol. The quantitative estimate of drug-likeness (QED) is 0.481. The van der Waals surface area contributed by atoms with E-state index in [2.05, 4.69) is 12.0 Å². The van der Waals surface area contributed by atoms with Gasteiger partial charge in [0, 0.05) is 17.0 Å². The number of rotatable bonds is 5.